The number of benzene rings is 2. The number of hydrogen-bond acceptors (Lipinski definition) is 8. The van der Waals surface area contributed by atoms with Crippen LogP contribution in [-0.4, -0.2) is 34.7 Å². The van der Waals surface area contributed by atoms with Gasteiger partial charge in [0.15, 0.2) is 0 Å². The highest BCUT2D eigenvalue weighted by Gasteiger charge is 2.68. The number of aromatic amines is 2. The lowest BCUT2D eigenvalue weighted by Crippen LogP contribution is -2.42. The van der Waals surface area contributed by atoms with Crippen LogP contribution in [0.3, 0.4) is 0 Å². The van der Waals surface area contributed by atoms with E-state index in [9.17, 15) is 9.59 Å². The Morgan fingerprint density at radius 2 is 1.17 bits per heavy atom. The van der Waals surface area contributed by atoms with Crippen molar-refractivity contribution in [3.05, 3.63) is 88.7 Å². The second kappa shape index (κ2) is 9.55. The van der Waals surface area contributed by atoms with Gasteiger partial charge in [0.05, 0.1) is 24.3 Å². The van der Waals surface area contributed by atoms with Crippen molar-refractivity contribution >= 4 is 46.2 Å². The van der Waals surface area contributed by atoms with Gasteiger partial charge in [0, 0.05) is 32.1 Å². The summed E-state index contributed by atoms with van der Waals surface area (Å²) in [6.07, 6.45) is 2.47. The SMILES string of the molecule is COc1ccc([C@H]2c3sc(=O)[nH]c3S[C@@H]3[C@H]4C[C@@H]([C@@H]5C[C@H]6Sc7[nH]c(=O)sc7[C@@H](c7ccc(OC)cc7)[C@H]6[C@H]45)[C@@H]23)cc1. The van der Waals surface area contributed by atoms with Crippen LogP contribution < -0.4 is 19.2 Å². The number of nitrogens with one attached hydrogen (secondary N) is 2. The zero-order valence-electron chi connectivity index (χ0n) is 23.1. The molecule has 3 saturated carbocycles. The fraction of sp³-hybridized carbons (Fsp3) is 0.438. The molecule has 4 heterocycles. The molecule has 10 atom stereocenters. The van der Waals surface area contributed by atoms with Crippen LogP contribution in [0.25, 0.3) is 0 Å². The standard InChI is InChI=1S/C32H30N2O4S4/c1-37-15-7-3-13(4-8-15)21-24-17-11-19(26(24)40-30-27(21)41-32(36)34-30)23-18(17)12-20-25(23)22(14-5-9-16(38-2)10-6-14)28-29(39-20)33-31(35)42-28/h3-10,17-26H,11-12H2,1-2H3,(H,33,35)(H,34,36)/t17-,18-,19-,20+,21+,22-,23-,24-,25-,26+/m0/s1. The van der Waals surface area contributed by atoms with Gasteiger partial charge in [0.2, 0.25) is 0 Å². The van der Waals surface area contributed by atoms with E-state index in [1.54, 1.807) is 14.2 Å². The summed E-state index contributed by atoms with van der Waals surface area (Å²) in [7, 11) is 3.42. The molecule has 2 aromatic carbocycles. The van der Waals surface area contributed by atoms with Gasteiger partial charge in [-0.1, -0.05) is 46.9 Å². The van der Waals surface area contributed by atoms with Gasteiger partial charge in [-0.2, -0.15) is 0 Å². The van der Waals surface area contributed by atoms with Crippen LogP contribution in [0.15, 0.2) is 68.2 Å². The van der Waals surface area contributed by atoms with Crippen LogP contribution in [-0.2, 0) is 0 Å². The first kappa shape index (κ1) is 26.0. The predicted molar refractivity (Wildman–Crippen MR) is 169 cm³/mol. The summed E-state index contributed by atoms with van der Waals surface area (Å²) in [5.41, 5.74) is 2.59. The summed E-state index contributed by atoms with van der Waals surface area (Å²) in [5.74, 6) is 5.70. The third-order valence-electron chi connectivity index (χ3n) is 10.8. The van der Waals surface area contributed by atoms with Crippen molar-refractivity contribution in [1.29, 1.82) is 0 Å². The Bertz CT molecular complexity index is 1790. The van der Waals surface area contributed by atoms with E-state index in [0.717, 1.165) is 21.6 Å². The number of methoxy groups -OCH3 is 2. The molecule has 6 nitrogen and oxygen atoms in total. The molecule has 0 spiro atoms. The molecule has 10 heteroatoms. The van der Waals surface area contributed by atoms with Crippen LogP contribution in [0, 0.1) is 35.5 Å². The number of thiazole rings is 2. The van der Waals surface area contributed by atoms with E-state index in [0.29, 0.717) is 46.0 Å². The number of H-pyrrole nitrogens is 2. The van der Waals surface area contributed by atoms with Crippen molar-refractivity contribution in [2.45, 2.75) is 45.2 Å². The molecule has 2 bridgehead atoms. The molecule has 5 aliphatic rings. The van der Waals surface area contributed by atoms with Crippen LogP contribution in [0.1, 0.15) is 45.6 Å². The van der Waals surface area contributed by atoms with Crippen molar-refractivity contribution < 1.29 is 9.47 Å². The Morgan fingerprint density at radius 1 is 0.643 bits per heavy atom. The fourth-order valence-corrected chi connectivity index (χ4v) is 15.2. The molecule has 42 heavy (non-hydrogen) atoms. The maximum absolute atomic E-state index is 12.7. The number of aromatic nitrogens is 2. The predicted octanol–water partition coefficient (Wildman–Crippen LogP) is 6.63. The maximum atomic E-state index is 12.7. The van der Waals surface area contributed by atoms with E-state index in [-0.39, 0.29) is 21.6 Å². The summed E-state index contributed by atoms with van der Waals surface area (Å²) in [5, 5.41) is 3.14. The summed E-state index contributed by atoms with van der Waals surface area (Å²) < 4.78 is 11.0. The molecule has 2 N–H and O–H groups in total. The molecule has 0 amide bonds. The van der Waals surface area contributed by atoms with Crippen LogP contribution in [0.2, 0.25) is 0 Å². The minimum absolute atomic E-state index is 0.0506. The molecular weight excluding hydrogens is 605 g/mol. The highest BCUT2D eigenvalue weighted by Crippen LogP contribution is 2.74. The number of ether oxygens (including phenoxy) is 2. The topological polar surface area (TPSA) is 84.2 Å². The molecular formula is C32H30N2O4S4. The van der Waals surface area contributed by atoms with Gasteiger partial charge in [-0.05, 0) is 83.7 Å². The highest BCUT2D eigenvalue weighted by molar-refractivity contribution is 8.00. The van der Waals surface area contributed by atoms with Crippen LogP contribution >= 0.6 is 46.2 Å². The molecule has 3 fully saturated rings. The van der Waals surface area contributed by atoms with Crippen molar-refractivity contribution in [2.24, 2.45) is 35.5 Å². The highest BCUT2D eigenvalue weighted by atomic mass is 32.2. The lowest BCUT2D eigenvalue weighted by Gasteiger charge is -2.46. The Morgan fingerprint density at radius 3 is 1.74 bits per heavy atom. The van der Waals surface area contributed by atoms with Gasteiger partial charge in [-0.15, -0.1) is 23.5 Å². The first-order chi connectivity index (χ1) is 20.5. The lowest BCUT2D eigenvalue weighted by molar-refractivity contribution is 0.148. The van der Waals surface area contributed by atoms with E-state index in [1.165, 1.54) is 56.4 Å². The van der Waals surface area contributed by atoms with Gasteiger partial charge in [-0.25, -0.2) is 0 Å². The van der Waals surface area contributed by atoms with Crippen molar-refractivity contribution in [1.82, 2.24) is 9.97 Å². The van der Waals surface area contributed by atoms with E-state index in [4.69, 9.17) is 9.47 Å². The van der Waals surface area contributed by atoms with Crippen molar-refractivity contribution in [2.75, 3.05) is 14.2 Å². The number of hydrogen-bond donors (Lipinski definition) is 2. The van der Waals surface area contributed by atoms with E-state index in [2.05, 4.69) is 58.5 Å². The fourth-order valence-electron chi connectivity index (χ4n) is 9.56. The zero-order valence-corrected chi connectivity index (χ0v) is 26.3. The number of fused-ring (bicyclic) bond motifs is 12. The van der Waals surface area contributed by atoms with Crippen LogP contribution in [0.5, 0.6) is 11.5 Å². The minimum atomic E-state index is 0.0506. The van der Waals surface area contributed by atoms with E-state index >= 15 is 0 Å². The molecule has 0 saturated heterocycles. The third kappa shape index (κ3) is 3.64. The zero-order chi connectivity index (χ0) is 28.3. The van der Waals surface area contributed by atoms with Crippen molar-refractivity contribution in [3.63, 3.8) is 0 Å². The molecule has 9 rings (SSSR count). The Hall–Kier alpha value is -2.40. The first-order valence-electron chi connectivity index (χ1n) is 14.6. The molecule has 0 unspecified atom stereocenters. The summed E-state index contributed by atoms with van der Waals surface area (Å²) >= 11 is 6.70. The average molecular weight is 635 g/mol. The smallest absolute Gasteiger partial charge is 0.305 e. The average Bonchev–Trinajstić information content (AvgIpc) is 3.81. The quantitative estimate of drug-likeness (QED) is 0.262. The normalized spacial score (nSPS) is 35.2. The van der Waals surface area contributed by atoms with Gasteiger partial charge < -0.3 is 19.4 Å². The largest absolute Gasteiger partial charge is 0.497 e. The monoisotopic (exact) mass is 634 g/mol. The summed E-state index contributed by atoms with van der Waals surface area (Å²) in [6.45, 7) is 0. The second-order valence-corrected chi connectivity index (χ2v) is 16.8. The minimum Gasteiger partial charge on any atom is -0.497 e. The van der Waals surface area contributed by atoms with Crippen LogP contribution in [0.4, 0.5) is 0 Å². The van der Waals surface area contributed by atoms with Gasteiger partial charge >= 0.3 is 9.75 Å². The molecule has 3 aliphatic carbocycles. The third-order valence-corrected chi connectivity index (χ3v) is 15.9. The summed E-state index contributed by atoms with van der Waals surface area (Å²) in [4.78, 5) is 34.2. The number of thioether (sulfide) groups is 2. The first-order valence-corrected chi connectivity index (χ1v) is 18.0. The van der Waals surface area contributed by atoms with E-state index in [1.807, 2.05) is 23.5 Å². The van der Waals surface area contributed by atoms with E-state index < -0.39 is 0 Å². The Kier molecular flexibility index (Phi) is 5.92. The molecule has 2 aromatic heterocycles. The Balaban J connectivity index is 1.14. The molecule has 2 aliphatic heterocycles. The molecule has 0 radical (unpaired) electrons. The second-order valence-electron chi connectivity index (χ2n) is 12.4. The van der Waals surface area contributed by atoms with Gasteiger partial charge in [-0.3, -0.25) is 9.59 Å². The van der Waals surface area contributed by atoms with Crippen molar-refractivity contribution in [3.8, 4) is 11.5 Å². The Labute approximate surface area is 259 Å². The van der Waals surface area contributed by atoms with Gasteiger partial charge in [0.1, 0.15) is 11.5 Å². The molecule has 216 valence electrons. The lowest BCUT2D eigenvalue weighted by atomic mass is 9.65. The van der Waals surface area contributed by atoms with Gasteiger partial charge in [0.25, 0.3) is 0 Å². The number of rotatable bonds is 4. The maximum Gasteiger partial charge on any atom is 0.305 e. The molecule has 4 aromatic rings. The summed E-state index contributed by atoms with van der Waals surface area (Å²) in [6, 6.07) is 17.1.